The fourth-order valence-corrected chi connectivity index (χ4v) is 4.12. The van der Waals surface area contributed by atoms with Gasteiger partial charge in [0.2, 0.25) is 5.16 Å². The number of rotatable bonds is 12. The van der Waals surface area contributed by atoms with Gasteiger partial charge in [0, 0.05) is 30.0 Å². The van der Waals surface area contributed by atoms with Crippen LogP contribution >= 0.6 is 24.2 Å². The Morgan fingerprint density at radius 3 is 2.51 bits per heavy atom. The molecule has 7 nitrogen and oxygen atoms in total. The van der Waals surface area contributed by atoms with Crippen molar-refractivity contribution in [2.45, 2.75) is 25.2 Å². The number of halogens is 2. The maximum atomic E-state index is 14.0. The van der Waals surface area contributed by atoms with Crippen LogP contribution in [0, 0.1) is 5.82 Å². The van der Waals surface area contributed by atoms with Crippen molar-refractivity contribution in [1.82, 2.24) is 25.5 Å². The Balaban J connectivity index is 0.00000342. The predicted molar refractivity (Wildman–Crippen MR) is 137 cm³/mol. The molecule has 10 heteroatoms. The molecule has 1 heterocycles. The molecule has 4 rings (SSSR count). The van der Waals surface area contributed by atoms with Crippen molar-refractivity contribution in [1.29, 1.82) is 0 Å². The molecule has 0 fully saturated rings. The standard InChI is InChI=1S/C25H26FN5O2S.ClH/c1-2-32-23-14-8-10-19(24(23)33-18-20-9-6-7-13-22(20)26)17-27-15-16-34-25-28-29-30-31(25)21-11-4-3-5-12-21;/h3-14,27H,2,15-18H2,1H3;1H. The van der Waals surface area contributed by atoms with Gasteiger partial charge in [0.25, 0.3) is 0 Å². The normalized spacial score (nSPS) is 10.6. The fraction of sp³-hybridized carbons (Fsp3) is 0.240. The van der Waals surface area contributed by atoms with Crippen molar-refractivity contribution >= 4 is 24.2 Å². The zero-order chi connectivity index (χ0) is 23.6. The lowest BCUT2D eigenvalue weighted by Gasteiger charge is -2.16. The number of hydrogen-bond donors (Lipinski definition) is 1. The van der Waals surface area contributed by atoms with E-state index in [4.69, 9.17) is 9.47 Å². The highest BCUT2D eigenvalue weighted by Gasteiger charge is 2.13. The lowest BCUT2D eigenvalue weighted by molar-refractivity contribution is 0.262. The number of hydrogen-bond acceptors (Lipinski definition) is 7. The first-order valence-electron chi connectivity index (χ1n) is 11.0. The van der Waals surface area contributed by atoms with Gasteiger partial charge in [0.1, 0.15) is 12.4 Å². The monoisotopic (exact) mass is 515 g/mol. The summed E-state index contributed by atoms with van der Waals surface area (Å²) in [5.41, 5.74) is 2.37. The van der Waals surface area contributed by atoms with Gasteiger partial charge in [-0.3, -0.25) is 0 Å². The van der Waals surface area contributed by atoms with E-state index in [1.807, 2.05) is 55.5 Å². The van der Waals surface area contributed by atoms with Gasteiger partial charge in [-0.15, -0.1) is 17.5 Å². The van der Waals surface area contributed by atoms with Gasteiger partial charge in [0.15, 0.2) is 11.5 Å². The Morgan fingerprint density at radius 1 is 0.943 bits per heavy atom. The lowest BCUT2D eigenvalue weighted by Crippen LogP contribution is -2.18. The number of benzene rings is 3. The molecule has 0 bridgehead atoms. The minimum Gasteiger partial charge on any atom is -0.490 e. The molecule has 1 N–H and O–H groups in total. The van der Waals surface area contributed by atoms with Crippen molar-refractivity contribution in [2.24, 2.45) is 0 Å². The molecule has 0 saturated carbocycles. The summed E-state index contributed by atoms with van der Waals surface area (Å²) in [5, 5.41) is 16.2. The van der Waals surface area contributed by atoms with Crippen molar-refractivity contribution in [3.8, 4) is 17.2 Å². The van der Waals surface area contributed by atoms with Gasteiger partial charge < -0.3 is 14.8 Å². The number of nitrogens with one attached hydrogen (secondary N) is 1. The van der Waals surface area contributed by atoms with E-state index in [0.717, 1.165) is 28.7 Å². The Kier molecular flexibility index (Phi) is 10.3. The van der Waals surface area contributed by atoms with Crippen LogP contribution in [0.3, 0.4) is 0 Å². The summed E-state index contributed by atoms with van der Waals surface area (Å²) in [7, 11) is 0. The zero-order valence-corrected chi connectivity index (χ0v) is 20.9. The first-order valence-corrected chi connectivity index (χ1v) is 12.0. The van der Waals surface area contributed by atoms with E-state index in [0.29, 0.717) is 30.2 Å². The second-order valence-corrected chi connectivity index (χ2v) is 8.35. The van der Waals surface area contributed by atoms with Crippen LogP contribution in [-0.4, -0.2) is 39.1 Å². The number of tetrazole rings is 1. The Bertz CT molecular complexity index is 1200. The zero-order valence-electron chi connectivity index (χ0n) is 19.3. The van der Waals surface area contributed by atoms with Crippen molar-refractivity contribution in [3.05, 3.63) is 89.7 Å². The van der Waals surface area contributed by atoms with E-state index < -0.39 is 0 Å². The Morgan fingerprint density at radius 2 is 1.71 bits per heavy atom. The quantitative estimate of drug-likeness (QED) is 0.208. The van der Waals surface area contributed by atoms with Crippen molar-refractivity contribution in [2.75, 3.05) is 18.9 Å². The van der Waals surface area contributed by atoms with E-state index in [1.165, 1.54) is 6.07 Å². The molecule has 0 amide bonds. The second-order valence-electron chi connectivity index (χ2n) is 7.29. The van der Waals surface area contributed by atoms with E-state index in [-0.39, 0.29) is 24.8 Å². The smallest absolute Gasteiger partial charge is 0.214 e. The number of aromatic nitrogens is 4. The molecule has 0 aliphatic carbocycles. The summed E-state index contributed by atoms with van der Waals surface area (Å²) in [4.78, 5) is 0. The summed E-state index contributed by atoms with van der Waals surface area (Å²) >= 11 is 1.58. The summed E-state index contributed by atoms with van der Waals surface area (Å²) in [6.07, 6.45) is 0. The fourth-order valence-electron chi connectivity index (χ4n) is 3.34. The van der Waals surface area contributed by atoms with Gasteiger partial charge in [0.05, 0.1) is 12.3 Å². The second kappa shape index (κ2) is 13.7. The molecular formula is C25H27ClFN5O2S. The summed E-state index contributed by atoms with van der Waals surface area (Å²) in [6, 6.07) is 22.2. The first-order chi connectivity index (χ1) is 16.8. The highest BCUT2D eigenvalue weighted by molar-refractivity contribution is 7.99. The van der Waals surface area contributed by atoms with E-state index in [1.54, 1.807) is 34.6 Å². The van der Waals surface area contributed by atoms with Crippen LogP contribution in [0.15, 0.2) is 78.0 Å². The molecular weight excluding hydrogens is 489 g/mol. The minimum atomic E-state index is -0.286. The number of thioether (sulfide) groups is 1. The first kappa shape index (κ1) is 26.5. The molecule has 0 saturated heterocycles. The highest BCUT2D eigenvalue weighted by atomic mass is 35.5. The molecule has 184 valence electrons. The van der Waals surface area contributed by atoms with Gasteiger partial charge in [-0.05, 0) is 41.6 Å². The van der Waals surface area contributed by atoms with Gasteiger partial charge in [-0.2, -0.15) is 4.68 Å². The van der Waals surface area contributed by atoms with Crippen LogP contribution < -0.4 is 14.8 Å². The molecule has 0 spiro atoms. The molecule has 0 aliphatic rings. The third kappa shape index (κ3) is 7.17. The van der Waals surface area contributed by atoms with Crippen LogP contribution in [-0.2, 0) is 13.2 Å². The molecule has 3 aromatic carbocycles. The van der Waals surface area contributed by atoms with E-state index in [2.05, 4.69) is 20.8 Å². The van der Waals surface area contributed by atoms with Crippen LogP contribution in [0.1, 0.15) is 18.1 Å². The van der Waals surface area contributed by atoms with E-state index >= 15 is 0 Å². The summed E-state index contributed by atoms with van der Waals surface area (Å²) < 4.78 is 27.5. The Hall–Kier alpha value is -3.14. The summed E-state index contributed by atoms with van der Waals surface area (Å²) in [6.45, 7) is 3.88. The van der Waals surface area contributed by atoms with E-state index in [9.17, 15) is 4.39 Å². The third-order valence-electron chi connectivity index (χ3n) is 4.96. The van der Waals surface area contributed by atoms with Crippen molar-refractivity contribution in [3.63, 3.8) is 0 Å². The molecule has 35 heavy (non-hydrogen) atoms. The van der Waals surface area contributed by atoms with Gasteiger partial charge >= 0.3 is 0 Å². The molecule has 0 atom stereocenters. The summed E-state index contributed by atoms with van der Waals surface area (Å²) in [5.74, 6) is 1.77. The Labute approximate surface area is 214 Å². The van der Waals surface area contributed by atoms with Crippen LogP contribution in [0.25, 0.3) is 5.69 Å². The maximum absolute atomic E-state index is 14.0. The maximum Gasteiger partial charge on any atom is 0.214 e. The number of ether oxygens (including phenoxy) is 2. The lowest BCUT2D eigenvalue weighted by atomic mass is 10.1. The van der Waals surface area contributed by atoms with Gasteiger partial charge in [-0.1, -0.05) is 60.3 Å². The van der Waals surface area contributed by atoms with Crippen molar-refractivity contribution < 1.29 is 13.9 Å². The average molecular weight is 516 g/mol. The topological polar surface area (TPSA) is 74.1 Å². The average Bonchev–Trinajstić information content (AvgIpc) is 3.33. The number of para-hydroxylation sites is 2. The van der Waals surface area contributed by atoms with Crippen LogP contribution in [0.4, 0.5) is 4.39 Å². The molecule has 1 aromatic heterocycles. The minimum absolute atomic E-state index is 0. The highest BCUT2D eigenvalue weighted by Crippen LogP contribution is 2.32. The van der Waals surface area contributed by atoms with Crippen LogP contribution in [0.5, 0.6) is 11.5 Å². The molecule has 0 aliphatic heterocycles. The third-order valence-corrected chi connectivity index (χ3v) is 5.88. The molecule has 4 aromatic rings. The van der Waals surface area contributed by atoms with Gasteiger partial charge in [-0.25, -0.2) is 4.39 Å². The van der Waals surface area contributed by atoms with Crippen LogP contribution in [0.2, 0.25) is 0 Å². The largest absolute Gasteiger partial charge is 0.490 e. The molecule has 0 unspecified atom stereocenters. The SMILES string of the molecule is CCOc1cccc(CNCCSc2nnnn2-c2ccccc2)c1OCc1ccccc1F.Cl. The number of nitrogens with zero attached hydrogens (tertiary/aromatic N) is 4. The predicted octanol–water partition coefficient (Wildman–Crippen LogP) is 5.08. The molecule has 0 radical (unpaired) electrons.